The van der Waals surface area contributed by atoms with Crippen LogP contribution in [0.4, 0.5) is 10.1 Å². The number of benzene rings is 2. The summed E-state index contributed by atoms with van der Waals surface area (Å²) in [6.45, 7) is 3.02. The third-order valence-corrected chi connectivity index (χ3v) is 10.1. The van der Waals surface area contributed by atoms with E-state index in [1.807, 2.05) is 4.90 Å². The van der Waals surface area contributed by atoms with E-state index in [2.05, 4.69) is 15.3 Å². The molecule has 1 spiro atoms. The minimum Gasteiger partial charge on any atom is -0.462 e. The van der Waals surface area contributed by atoms with Crippen LogP contribution in [0.15, 0.2) is 29.8 Å². The van der Waals surface area contributed by atoms with E-state index >= 15 is 4.39 Å². The second-order valence-electron chi connectivity index (χ2n) is 11.5. The fourth-order valence-corrected chi connectivity index (χ4v) is 8.02. The van der Waals surface area contributed by atoms with Crippen molar-refractivity contribution < 1.29 is 19.0 Å². The number of hydrogen-bond acceptors (Lipinski definition) is 8. The van der Waals surface area contributed by atoms with Gasteiger partial charge in [-0.2, -0.15) is 0 Å². The molecular formula is C29H28Cl2FN5O3S. The molecule has 3 heterocycles. The fraction of sp³-hybridized carbons (Fsp3) is 0.448. The van der Waals surface area contributed by atoms with Crippen LogP contribution in [0.3, 0.4) is 0 Å². The summed E-state index contributed by atoms with van der Waals surface area (Å²) in [6, 6.07) is 6.96. The van der Waals surface area contributed by atoms with Gasteiger partial charge in [0.05, 0.1) is 49.5 Å². The van der Waals surface area contributed by atoms with Gasteiger partial charge in [0, 0.05) is 19.0 Å². The van der Waals surface area contributed by atoms with Crippen molar-refractivity contribution in [1.29, 1.82) is 0 Å². The van der Waals surface area contributed by atoms with Gasteiger partial charge < -0.3 is 14.7 Å². The van der Waals surface area contributed by atoms with Gasteiger partial charge >= 0.3 is 5.97 Å². The third-order valence-electron chi connectivity index (χ3n) is 8.76. The molecule has 0 atom stereocenters. The van der Waals surface area contributed by atoms with Crippen molar-refractivity contribution in [3.05, 3.63) is 62.6 Å². The average Bonchev–Trinajstić information content (AvgIpc) is 3.49. The van der Waals surface area contributed by atoms with Crippen LogP contribution in [0.25, 0.3) is 15.9 Å². The van der Waals surface area contributed by atoms with E-state index in [1.165, 1.54) is 11.3 Å². The Morgan fingerprint density at radius 3 is 2.56 bits per heavy atom. The molecule has 0 radical (unpaired) electrons. The van der Waals surface area contributed by atoms with Gasteiger partial charge in [0.25, 0.3) is 0 Å². The smallest absolute Gasteiger partial charge is 0.340 e. The van der Waals surface area contributed by atoms with E-state index in [-0.39, 0.29) is 34.7 Å². The van der Waals surface area contributed by atoms with E-state index in [1.54, 1.807) is 41.4 Å². The molecule has 1 aliphatic heterocycles. The molecule has 0 amide bonds. The van der Waals surface area contributed by atoms with Crippen LogP contribution in [-0.2, 0) is 10.3 Å². The van der Waals surface area contributed by atoms with Crippen LogP contribution in [-0.4, -0.2) is 50.8 Å². The summed E-state index contributed by atoms with van der Waals surface area (Å²) in [7, 11) is 0. The summed E-state index contributed by atoms with van der Waals surface area (Å²) >= 11 is 14.4. The first-order valence-corrected chi connectivity index (χ1v) is 15.5. The number of carbonyl (C=O) groups is 1. The molecule has 7 rings (SSSR count). The third kappa shape index (κ3) is 4.42. The number of carbonyl (C=O) groups excluding carboxylic acids is 1. The highest BCUT2D eigenvalue weighted by Crippen LogP contribution is 2.61. The number of rotatable bonds is 6. The van der Waals surface area contributed by atoms with E-state index in [9.17, 15) is 9.90 Å². The number of fused-ring (bicyclic) bond motifs is 1. The standard InChI is InChI=1S/C29H28Cl2FN5O3S/c1-2-40-27(38)17-12-20-23(33-15-41-20)21(32)24(17)36-10-8-28(9-11-36)13-29(39,14-28)26-22(16-6-7-16)34-35-37(26)25-18(30)4-3-5-19(25)31/h3-5,12,15-16,39H,2,6-11,13-14H2,1H3. The predicted molar refractivity (Wildman–Crippen MR) is 156 cm³/mol. The van der Waals surface area contributed by atoms with Gasteiger partial charge in [-0.25, -0.2) is 18.9 Å². The van der Waals surface area contributed by atoms with Crippen molar-refractivity contribution in [2.75, 3.05) is 24.6 Å². The molecule has 8 nitrogen and oxygen atoms in total. The van der Waals surface area contributed by atoms with Crippen molar-refractivity contribution in [3.63, 3.8) is 0 Å². The second-order valence-corrected chi connectivity index (χ2v) is 13.2. The number of ether oxygens (including phenoxy) is 1. The normalized spacial score (nSPS) is 19.5. The summed E-state index contributed by atoms with van der Waals surface area (Å²) in [5.74, 6) is -0.762. The topological polar surface area (TPSA) is 93.4 Å². The number of nitrogens with zero attached hydrogens (tertiary/aromatic N) is 5. The van der Waals surface area contributed by atoms with Crippen LogP contribution < -0.4 is 4.90 Å². The Kier molecular flexibility index (Phi) is 6.53. The monoisotopic (exact) mass is 615 g/mol. The van der Waals surface area contributed by atoms with Crippen molar-refractivity contribution in [3.8, 4) is 5.69 Å². The van der Waals surface area contributed by atoms with Crippen molar-refractivity contribution in [2.24, 2.45) is 5.41 Å². The van der Waals surface area contributed by atoms with Gasteiger partial charge in [-0.15, -0.1) is 16.4 Å². The molecule has 2 aromatic heterocycles. The Balaban J connectivity index is 1.16. The number of aliphatic hydroxyl groups is 1. The van der Waals surface area contributed by atoms with Crippen LogP contribution >= 0.6 is 34.5 Å². The first kappa shape index (κ1) is 27.1. The second kappa shape index (κ2) is 9.90. The molecule has 2 aromatic carbocycles. The molecule has 0 bridgehead atoms. The number of thiazole rings is 1. The Bertz CT molecular complexity index is 1650. The Morgan fingerprint density at radius 1 is 1.20 bits per heavy atom. The minimum absolute atomic E-state index is 0.128. The first-order chi connectivity index (χ1) is 19.7. The average molecular weight is 617 g/mol. The van der Waals surface area contributed by atoms with Crippen LogP contribution in [0, 0.1) is 11.2 Å². The van der Waals surface area contributed by atoms with Gasteiger partial charge in [0.1, 0.15) is 16.8 Å². The summed E-state index contributed by atoms with van der Waals surface area (Å²) in [6.07, 6.45) is 4.55. The molecule has 1 N–H and O–H groups in total. The Hall–Kier alpha value is -2.79. The summed E-state index contributed by atoms with van der Waals surface area (Å²) in [5, 5.41) is 21.8. The van der Waals surface area contributed by atoms with Gasteiger partial charge in [-0.3, -0.25) is 0 Å². The lowest BCUT2D eigenvalue weighted by Crippen LogP contribution is -2.55. The number of piperidine rings is 1. The largest absolute Gasteiger partial charge is 0.462 e. The van der Waals surface area contributed by atoms with E-state index in [4.69, 9.17) is 27.9 Å². The van der Waals surface area contributed by atoms with Crippen LogP contribution in [0.5, 0.6) is 0 Å². The van der Waals surface area contributed by atoms with E-state index < -0.39 is 17.4 Å². The molecule has 12 heteroatoms. The van der Waals surface area contributed by atoms with Gasteiger partial charge in [0.2, 0.25) is 0 Å². The van der Waals surface area contributed by atoms with Crippen LogP contribution in [0.1, 0.15) is 73.1 Å². The molecular weight excluding hydrogens is 588 g/mol. The molecule has 2 aliphatic carbocycles. The van der Waals surface area contributed by atoms with Gasteiger partial charge in [-0.05, 0) is 69.1 Å². The number of hydrogen-bond donors (Lipinski definition) is 1. The van der Waals surface area contributed by atoms with Gasteiger partial charge in [-0.1, -0.05) is 34.5 Å². The lowest BCUT2D eigenvalue weighted by atomic mass is 9.54. The highest BCUT2D eigenvalue weighted by atomic mass is 35.5. The molecule has 41 heavy (non-hydrogen) atoms. The number of halogens is 3. The van der Waals surface area contributed by atoms with Crippen LogP contribution in [0.2, 0.25) is 10.0 Å². The number of anilines is 1. The summed E-state index contributed by atoms with van der Waals surface area (Å²) in [4.78, 5) is 18.9. The maximum absolute atomic E-state index is 15.8. The highest BCUT2D eigenvalue weighted by molar-refractivity contribution is 7.16. The number of para-hydroxylation sites is 1. The molecule has 1 saturated heterocycles. The Morgan fingerprint density at radius 2 is 1.90 bits per heavy atom. The van der Waals surface area contributed by atoms with Crippen molar-refractivity contribution in [2.45, 2.75) is 57.0 Å². The first-order valence-electron chi connectivity index (χ1n) is 13.8. The zero-order chi connectivity index (χ0) is 28.5. The Labute approximate surface area is 250 Å². The maximum atomic E-state index is 15.8. The lowest BCUT2D eigenvalue weighted by Gasteiger charge is -2.57. The molecule has 4 aromatic rings. The maximum Gasteiger partial charge on any atom is 0.340 e. The molecule has 0 unspecified atom stereocenters. The zero-order valence-corrected chi connectivity index (χ0v) is 24.7. The SMILES string of the molecule is CCOC(=O)c1cc2scnc2c(F)c1N1CCC2(CC1)CC(O)(c1c(C3CC3)nnn1-c1c(Cl)cccc1Cl)C2. The molecule has 3 aliphatic rings. The van der Waals surface area contributed by atoms with E-state index in [0.29, 0.717) is 52.1 Å². The molecule has 3 fully saturated rings. The molecule has 214 valence electrons. The molecule has 2 saturated carbocycles. The van der Waals surface area contributed by atoms with Gasteiger partial charge in [0.15, 0.2) is 5.82 Å². The summed E-state index contributed by atoms with van der Waals surface area (Å²) in [5.41, 5.74) is 3.07. The number of esters is 1. The summed E-state index contributed by atoms with van der Waals surface area (Å²) < 4.78 is 23.3. The van der Waals surface area contributed by atoms with Crippen molar-refractivity contribution in [1.82, 2.24) is 20.0 Å². The quantitative estimate of drug-likeness (QED) is 0.243. The van der Waals surface area contributed by atoms with Crippen molar-refractivity contribution >= 4 is 56.4 Å². The fourth-order valence-electron chi connectivity index (χ4n) is 6.75. The predicted octanol–water partition coefficient (Wildman–Crippen LogP) is 6.65. The lowest BCUT2D eigenvalue weighted by molar-refractivity contribution is -0.148. The highest BCUT2D eigenvalue weighted by Gasteiger charge is 2.58. The minimum atomic E-state index is -1.13. The number of aromatic nitrogens is 4. The zero-order valence-electron chi connectivity index (χ0n) is 22.4. The van der Waals surface area contributed by atoms with E-state index in [0.717, 1.165) is 31.4 Å².